The van der Waals surface area contributed by atoms with E-state index in [2.05, 4.69) is 5.32 Å². The largest absolute Gasteiger partial charge is 0.468 e. The van der Waals surface area contributed by atoms with Crippen LogP contribution in [0.5, 0.6) is 0 Å². The van der Waals surface area contributed by atoms with Crippen LogP contribution < -0.4 is 5.32 Å². The van der Waals surface area contributed by atoms with E-state index in [-0.39, 0.29) is 11.8 Å². The molecule has 3 rings (SSSR count). The van der Waals surface area contributed by atoms with Crippen molar-refractivity contribution in [3.05, 3.63) is 35.4 Å². The van der Waals surface area contributed by atoms with E-state index in [0.29, 0.717) is 12.2 Å². The normalized spacial score (nSPS) is 30.6. The maximum atomic E-state index is 12.9. The molecule has 2 saturated heterocycles. The zero-order valence-corrected chi connectivity index (χ0v) is 16.3. The molecule has 1 aromatic rings. The van der Waals surface area contributed by atoms with Crippen LogP contribution >= 0.6 is 11.8 Å². The van der Waals surface area contributed by atoms with Crippen molar-refractivity contribution >= 4 is 29.5 Å². The topological polar surface area (TPSA) is 75.7 Å². The number of hydrogen-bond donors (Lipinski definition) is 1. The standard InChI is InChI=1S/C19H24N2O4S/c1-11-7-5-6-8-12(11)15-13-14(17(23)21(2)16(13)22)19(20-15,9-10-26-4)18(24)25-3/h5-8,13-15,20H,9-10H2,1-4H3/t13-,14+,15+,19+/m1/s1. The quantitative estimate of drug-likeness (QED) is 0.621. The van der Waals surface area contributed by atoms with Crippen LogP contribution in [0.25, 0.3) is 0 Å². The fourth-order valence-corrected chi connectivity index (χ4v) is 4.84. The van der Waals surface area contributed by atoms with Crippen LogP contribution in [0.15, 0.2) is 24.3 Å². The lowest BCUT2D eigenvalue weighted by Crippen LogP contribution is -2.56. The summed E-state index contributed by atoms with van der Waals surface area (Å²) in [5.41, 5.74) is 0.769. The molecule has 2 aliphatic rings. The minimum absolute atomic E-state index is 0.240. The molecule has 0 unspecified atom stereocenters. The Bertz CT molecular complexity index is 753. The molecule has 2 heterocycles. The van der Waals surface area contributed by atoms with Crippen molar-refractivity contribution in [1.82, 2.24) is 10.2 Å². The van der Waals surface area contributed by atoms with Crippen LogP contribution in [0.2, 0.25) is 0 Å². The van der Waals surface area contributed by atoms with E-state index in [1.807, 2.05) is 37.4 Å². The van der Waals surface area contributed by atoms with E-state index in [1.165, 1.54) is 14.2 Å². The Morgan fingerprint density at radius 2 is 2.00 bits per heavy atom. The second-order valence-electron chi connectivity index (χ2n) is 6.92. The van der Waals surface area contributed by atoms with Gasteiger partial charge in [0, 0.05) is 13.1 Å². The number of fused-ring (bicyclic) bond motifs is 1. The predicted molar refractivity (Wildman–Crippen MR) is 99.6 cm³/mol. The SMILES string of the molecule is COC(=O)[C@@]1(CCSC)N[C@@H](c2ccccc2C)[C@@H]2C(=O)N(C)C(=O)[C@H]21. The van der Waals surface area contributed by atoms with Crippen molar-refractivity contribution in [2.75, 3.05) is 26.2 Å². The molecule has 4 atom stereocenters. The number of nitrogens with one attached hydrogen (secondary N) is 1. The van der Waals surface area contributed by atoms with Gasteiger partial charge >= 0.3 is 5.97 Å². The second kappa shape index (κ2) is 7.04. The first kappa shape index (κ1) is 18.9. The maximum absolute atomic E-state index is 12.9. The number of amides is 2. The van der Waals surface area contributed by atoms with E-state index in [0.717, 1.165) is 16.0 Å². The van der Waals surface area contributed by atoms with Gasteiger partial charge in [0.15, 0.2) is 0 Å². The van der Waals surface area contributed by atoms with Crippen LogP contribution in [0.4, 0.5) is 0 Å². The lowest BCUT2D eigenvalue weighted by atomic mass is 9.77. The Morgan fingerprint density at radius 1 is 1.31 bits per heavy atom. The molecular weight excluding hydrogens is 352 g/mol. The fourth-order valence-electron chi connectivity index (χ4n) is 4.31. The summed E-state index contributed by atoms with van der Waals surface area (Å²) in [7, 11) is 2.82. The summed E-state index contributed by atoms with van der Waals surface area (Å²) >= 11 is 1.59. The van der Waals surface area contributed by atoms with E-state index >= 15 is 0 Å². The van der Waals surface area contributed by atoms with Gasteiger partial charge in [0.25, 0.3) is 0 Å². The number of nitrogens with zero attached hydrogens (tertiary/aromatic N) is 1. The predicted octanol–water partition coefficient (Wildman–Crippen LogP) is 1.54. The van der Waals surface area contributed by atoms with Crippen LogP contribution in [0, 0.1) is 18.8 Å². The highest BCUT2D eigenvalue weighted by molar-refractivity contribution is 7.98. The van der Waals surface area contributed by atoms with Gasteiger partial charge in [-0.25, -0.2) is 0 Å². The zero-order valence-electron chi connectivity index (χ0n) is 15.4. The van der Waals surface area contributed by atoms with Crippen LogP contribution in [-0.4, -0.2) is 54.4 Å². The molecule has 1 N–H and O–H groups in total. The number of carbonyl (C=O) groups excluding carboxylic acids is 3. The van der Waals surface area contributed by atoms with Gasteiger partial charge in [-0.15, -0.1) is 0 Å². The number of thioether (sulfide) groups is 1. The van der Waals surface area contributed by atoms with Gasteiger partial charge in [-0.05, 0) is 36.5 Å². The number of likely N-dealkylation sites (tertiary alicyclic amines) is 1. The minimum Gasteiger partial charge on any atom is -0.468 e. The van der Waals surface area contributed by atoms with Gasteiger partial charge in [0.1, 0.15) is 5.54 Å². The van der Waals surface area contributed by atoms with Gasteiger partial charge in [0.05, 0.1) is 18.9 Å². The van der Waals surface area contributed by atoms with Gasteiger partial charge in [-0.2, -0.15) is 11.8 Å². The average Bonchev–Trinajstić information content (AvgIpc) is 3.10. The molecule has 0 spiro atoms. The maximum Gasteiger partial charge on any atom is 0.326 e. The summed E-state index contributed by atoms with van der Waals surface area (Å²) in [5.74, 6) is -1.70. The highest BCUT2D eigenvalue weighted by Gasteiger charge is 2.67. The summed E-state index contributed by atoms with van der Waals surface area (Å²) in [6.07, 6.45) is 2.38. The number of imide groups is 1. The number of rotatable bonds is 5. The Morgan fingerprint density at radius 3 is 2.62 bits per heavy atom. The Balaban J connectivity index is 2.15. The summed E-state index contributed by atoms with van der Waals surface area (Å²) in [4.78, 5) is 39.8. The molecule has 2 amide bonds. The molecule has 0 radical (unpaired) electrons. The lowest BCUT2D eigenvalue weighted by molar-refractivity contribution is -0.154. The van der Waals surface area contributed by atoms with E-state index in [9.17, 15) is 14.4 Å². The summed E-state index contributed by atoms with van der Waals surface area (Å²) < 4.78 is 5.08. The third-order valence-corrected chi connectivity index (χ3v) is 6.26. The first-order valence-electron chi connectivity index (χ1n) is 8.61. The number of hydrogen-bond acceptors (Lipinski definition) is 6. The van der Waals surface area contributed by atoms with Crippen LogP contribution in [0.3, 0.4) is 0 Å². The van der Waals surface area contributed by atoms with Crippen molar-refractivity contribution in [2.24, 2.45) is 11.8 Å². The molecule has 6 nitrogen and oxygen atoms in total. The summed E-state index contributed by atoms with van der Waals surface area (Å²) in [6, 6.07) is 7.35. The number of ether oxygens (including phenoxy) is 1. The molecule has 2 fully saturated rings. The molecule has 7 heteroatoms. The smallest absolute Gasteiger partial charge is 0.326 e. The highest BCUT2D eigenvalue weighted by Crippen LogP contribution is 2.50. The first-order chi connectivity index (χ1) is 12.4. The molecule has 0 aliphatic carbocycles. The third kappa shape index (κ3) is 2.65. The van der Waals surface area contributed by atoms with Gasteiger partial charge in [-0.3, -0.25) is 24.6 Å². The molecule has 0 bridgehead atoms. The monoisotopic (exact) mass is 376 g/mol. The van der Waals surface area contributed by atoms with Crippen molar-refractivity contribution in [3.63, 3.8) is 0 Å². The molecule has 2 aliphatic heterocycles. The fraction of sp³-hybridized carbons (Fsp3) is 0.526. The number of methoxy groups -OCH3 is 1. The van der Waals surface area contributed by atoms with Crippen molar-refractivity contribution in [1.29, 1.82) is 0 Å². The second-order valence-corrected chi connectivity index (χ2v) is 7.91. The van der Waals surface area contributed by atoms with Crippen LogP contribution in [0.1, 0.15) is 23.6 Å². The zero-order chi connectivity index (χ0) is 19.1. The van der Waals surface area contributed by atoms with Crippen molar-refractivity contribution < 1.29 is 19.1 Å². The van der Waals surface area contributed by atoms with Gasteiger partial charge in [-0.1, -0.05) is 24.3 Å². The van der Waals surface area contributed by atoms with E-state index < -0.39 is 29.4 Å². The number of carbonyl (C=O) groups is 3. The minimum atomic E-state index is -1.19. The van der Waals surface area contributed by atoms with Gasteiger partial charge < -0.3 is 4.74 Å². The van der Waals surface area contributed by atoms with Gasteiger partial charge in [0.2, 0.25) is 11.8 Å². The molecule has 0 aromatic heterocycles. The van der Waals surface area contributed by atoms with Crippen LogP contribution in [-0.2, 0) is 19.1 Å². The number of esters is 1. The average molecular weight is 376 g/mol. The third-order valence-electron chi connectivity index (χ3n) is 5.65. The lowest BCUT2D eigenvalue weighted by Gasteiger charge is -2.32. The molecular formula is C19H24N2O4S. The number of benzene rings is 1. The molecule has 0 saturated carbocycles. The van der Waals surface area contributed by atoms with Crippen molar-refractivity contribution in [3.8, 4) is 0 Å². The Kier molecular flexibility index (Phi) is 5.12. The Hall–Kier alpha value is -1.86. The Labute approximate surface area is 157 Å². The van der Waals surface area contributed by atoms with Crippen molar-refractivity contribution in [2.45, 2.75) is 24.9 Å². The molecule has 1 aromatic carbocycles. The first-order valence-corrected chi connectivity index (χ1v) is 10.0. The summed E-state index contributed by atoms with van der Waals surface area (Å²) in [5, 5.41) is 3.37. The molecule has 140 valence electrons. The number of aryl methyl sites for hydroxylation is 1. The van der Waals surface area contributed by atoms with E-state index in [4.69, 9.17) is 4.74 Å². The molecule has 26 heavy (non-hydrogen) atoms. The summed E-state index contributed by atoms with van der Waals surface area (Å²) in [6.45, 7) is 1.97. The highest BCUT2D eigenvalue weighted by atomic mass is 32.2. The van der Waals surface area contributed by atoms with E-state index in [1.54, 1.807) is 11.8 Å².